The van der Waals surface area contributed by atoms with E-state index in [-0.39, 0.29) is 24.9 Å². The molecule has 1 aliphatic rings. The van der Waals surface area contributed by atoms with Crippen molar-refractivity contribution in [2.45, 2.75) is 13.2 Å². The summed E-state index contributed by atoms with van der Waals surface area (Å²) in [5.41, 5.74) is 2.97. The third-order valence-electron chi connectivity index (χ3n) is 6.86. The molecule has 5 aromatic carbocycles. The average Bonchev–Trinajstić information content (AvgIpc) is 2.96. The largest absolute Gasteiger partial charge is 0.488 e. The number of carbonyl (C=O) groups is 2. The molecule has 38 heavy (non-hydrogen) atoms. The fourth-order valence-corrected chi connectivity index (χ4v) is 5.02. The fourth-order valence-electron chi connectivity index (χ4n) is 5.02. The first-order chi connectivity index (χ1) is 18.7. The van der Waals surface area contributed by atoms with Crippen LogP contribution >= 0.6 is 0 Å². The van der Waals surface area contributed by atoms with Gasteiger partial charge < -0.3 is 20.1 Å². The predicted molar refractivity (Wildman–Crippen MR) is 148 cm³/mol. The van der Waals surface area contributed by atoms with Gasteiger partial charge in [-0.3, -0.25) is 9.59 Å². The Bertz CT molecular complexity index is 1500. The van der Waals surface area contributed by atoms with E-state index in [4.69, 9.17) is 9.47 Å². The number of nitrogens with one attached hydrogen (secondary N) is 2. The van der Waals surface area contributed by atoms with Crippen LogP contribution in [0.25, 0.3) is 21.5 Å². The molecule has 2 bridgehead atoms. The van der Waals surface area contributed by atoms with Gasteiger partial charge in [0.15, 0.2) is 0 Å². The van der Waals surface area contributed by atoms with Crippen LogP contribution in [0.1, 0.15) is 31.8 Å². The van der Waals surface area contributed by atoms with Gasteiger partial charge in [0.05, 0.1) is 11.1 Å². The van der Waals surface area contributed by atoms with E-state index in [2.05, 4.69) is 34.9 Å². The summed E-state index contributed by atoms with van der Waals surface area (Å²) in [6, 6.07) is 30.8. The Hall–Kier alpha value is -4.84. The topological polar surface area (TPSA) is 76.7 Å². The molecule has 0 radical (unpaired) electrons. The van der Waals surface area contributed by atoms with Gasteiger partial charge in [-0.15, -0.1) is 0 Å². The zero-order valence-corrected chi connectivity index (χ0v) is 20.7. The second-order valence-electron chi connectivity index (χ2n) is 9.13. The molecule has 2 N–H and O–H groups in total. The van der Waals surface area contributed by atoms with Gasteiger partial charge in [0.25, 0.3) is 11.8 Å². The molecule has 0 aromatic heterocycles. The number of amides is 2. The summed E-state index contributed by atoms with van der Waals surface area (Å²) in [5, 5.41) is 9.97. The van der Waals surface area contributed by atoms with E-state index in [0.29, 0.717) is 35.8 Å². The summed E-state index contributed by atoms with van der Waals surface area (Å²) in [5.74, 6) is 0.490. The molecule has 1 aliphatic heterocycles. The van der Waals surface area contributed by atoms with Crippen molar-refractivity contribution in [1.82, 2.24) is 10.6 Å². The third kappa shape index (κ3) is 4.41. The van der Waals surface area contributed by atoms with Crippen molar-refractivity contribution in [2.75, 3.05) is 13.1 Å². The highest BCUT2D eigenvalue weighted by Crippen LogP contribution is 2.35. The van der Waals surface area contributed by atoms with E-state index in [1.165, 1.54) is 0 Å². The van der Waals surface area contributed by atoms with E-state index in [1.807, 2.05) is 48.5 Å². The standard InChI is InChI=1S/C32H26N2O4/c35-31-25-13-5-7-15-29(25)37-19-27-21-9-1-2-10-22(21)28(24-12-4-3-11-23(24)27)20-38-30-16-8-6-14-26(30)32(36)34-18-17-33-31/h1-16H,17-20H2,(H,33,35)(H,34,36). The first-order valence-corrected chi connectivity index (χ1v) is 12.6. The number of rotatable bonds is 0. The monoisotopic (exact) mass is 502 g/mol. The lowest BCUT2D eigenvalue weighted by Gasteiger charge is -2.19. The summed E-state index contributed by atoms with van der Waals surface area (Å²) >= 11 is 0. The molecular weight excluding hydrogens is 476 g/mol. The molecule has 6 rings (SSSR count). The highest BCUT2D eigenvalue weighted by atomic mass is 16.5. The van der Waals surface area contributed by atoms with E-state index < -0.39 is 0 Å². The van der Waals surface area contributed by atoms with Crippen LogP contribution in [-0.4, -0.2) is 24.9 Å². The van der Waals surface area contributed by atoms with Crippen LogP contribution in [0.3, 0.4) is 0 Å². The van der Waals surface area contributed by atoms with Crippen LogP contribution in [0, 0.1) is 0 Å². The molecule has 1 heterocycles. The Labute approximate surface area is 220 Å². The minimum atomic E-state index is -0.259. The lowest BCUT2D eigenvalue weighted by Crippen LogP contribution is -2.35. The molecule has 0 aliphatic carbocycles. The van der Waals surface area contributed by atoms with Crippen molar-refractivity contribution in [2.24, 2.45) is 0 Å². The van der Waals surface area contributed by atoms with E-state index >= 15 is 0 Å². The molecule has 188 valence electrons. The molecule has 0 spiro atoms. The molecule has 0 saturated carbocycles. The molecule has 0 atom stereocenters. The number of fused-ring (bicyclic) bond motifs is 5. The van der Waals surface area contributed by atoms with Crippen molar-refractivity contribution in [3.8, 4) is 11.5 Å². The number of hydrogen-bond donors (Lipinski definition) is 2. The first-order valence-electron chi connectivity index (χ1n) is 12.6. The maximum absolute atomic E-state index is 13.0. The highest BCUT2D eigenvalue weighted by Gasteiger charge is 2.19. The molecule has 5 aromatic rings. The smallest absolute Gasteiger partial charge is 0.255 e. The van der Waals surface area contributed by atoms with Gasteiger partial charge >= 0.3 is 0 Å². The van der Waals surface area contributed by atoms with Crippen LogP contribution in [0.4, 0.5) is 0 Å². The number of para-hydroxylation sites is 2. The second-order valence-corrected chi connectivity index (χ2v) is 9.13. The van der Waals surface area contributed by atoms with Crippen molar-refractivity contribution in [1.29, 1.82) is 0 Å². The molecule has 0 saturated heterocycles. The maximum Gasteiger partial charge on any atom is 0.255 e. The minimum absolute atomic E-state index is 0.259. The summed E-state index contributed by atoms with van der Waals surface area (Å²) < 4.78 is 12.6. The zero-order chi connectivity index (χ0) is 25.9. The molecule has 0 unspecified atom stereocenters. The number of carbonyl (C=O) groups excluding carboxylic acids is 2. The number of ether oxygens (including phenoxy) is 2. The average molecular weight is 503 g/mol. The van der Waals surface area contributed by atoms with Gasteiger partial charge in [-0.25, -0.2) is 0 Å². The third-order valence-corrected chi connectivity index (χ3v) is 6.86. The summed E-state index contributed by atoms with van der Waals surface area (Å²) in [6.45, 7) is 1.15. The van der Waals surface area contributed by atoms with Gasteiger partial charge in [0.2, 0.25) is 0 Å². The molecular formula is C32H26N2O4. The Kier molecular flexibility index (Phi) is 6.36. The maximum atomic E-state index is 13.0. The fraction of sp³-hybridized carbons (Fsp3) is 0.125. The normalized spacial score (nSPS) is 14.3. The Balaban J connectivity index is 1.52. The lowest BCUT2D eigenvalue weighted by molar-refractivity contribution is 0.0923. The van der Waals surface area contributed by atoms with E-state index in [0.717, 1.165) is 32.7 Å². The second kappa shape index (κ2) is 10.3. The van der Waals surface area contributed by atoms with Gasteiger partial charge in [-0.2, -0.15) is 0 Å². The van der Waals surface area contributed by atoms with Gasteiger partial charge in [0.1, 0.15) is 24.7 Å². The minimum Gasteiger partial charge on any atom is -0.488 e. The van der Waals surface area contributed by atoms with Crippen molar-refractivity contribution < 1.29 is 19.1 Å². The Morgan fingerprint density at radius 1 is 0.474 bits per heavy atom. The van der Waals surface area contributed by atoms with E-state index in [9.17, 15) is 9.59 Å². The van der Waals surface area contributed by atoms with E-state index in [1.54, 1.807) is 24.3 Å². The number of benzene rings is 5. The highest BCUT2D eigenvalue weighted by molar-refractivity contribution is 6.06. The summed E-state index contributed by atoms with van der Waals surface area (Å²) in [4.78, 5) is 26.0. The molecule has 6 heteroatoms. The summed E-state index contributed by atoms with van der Waals surface area (Å²) in [7, 11) is 0. The SMILES string of the molecule is O=C1NCCNC(=O)c2ccccc2OCc2c3ccccc3c(c3ccccc23)COc2ccccc21. The van der Waals surface area contributed by atoms with Crippen LogP contribution in [0.15, 0.2) is 97.1 Å². The molecule has 0 fully saturated rings. The van der Waals surface area contributed by atoms with Crippen LogP contribution in [-0.2, 0) is 13.2 Å². The molecule has 6 nitrogen and oxygen atoms in total. The Morgan fingerprint density at radius 2 is 0.816 bits per heavy atom. The van der Waals surface area contributed by atoms with Crippen LogP contribution in [0.2, 0.25) is 0 Å². The lowest BCUT2D eigenvalue weighted by atomic mass is 9.92. The quantitative estimate of drug-likeness (QED) is 0.269. The van der Waals surface area contributed by atoms with Crippen molar-refractivity contribution in [3.63, 3.8) is 0 Å². The van der Waals surface area contributed by atoms with Crippen LogP contribution < -0.4 is 20.1 Å². The zero-order valence-electron chi connectivity index (χ0n) is 20.7. The van der Waals surface area contributed by atoms with Gasteiger partial charge in [0, 0.05) is 24.2 Å². The van der Waals surface area contributed by atoms with Gasteiger partial charge in [-0.1, -0.05) is 72.8 Å². The Morgan fingerprint density at radius 3 is 1.21 bits per heavy atom. The number of hydrogen-bond acceptors (Lipinski definition) is 4. The first kappa shape index (κ1) is 23.6. The molecule has 2 amide bonds. The van der Waals surface area contributed by atoms with Crippen molar-refractivity contribution in [3.05, 3.63) is 119 Å². The van der Waals surface area contributed by atoms with Gasteiger partial charge in [-0.05, 0) is 45.8 Å². The van der Waals surface area contributed by atoms with Crippen molar-refractivity contribution >= 4 is 33.4 Å². The summed E-state index contributed by atoms with van der Waals surface area (Å²) in [6.07, 6.45) is 0. The van der Waals surface area contributed by atoms with Crippen LogP contribution in [0.5, 0.6) is 11.5 Å². The predicted octanol–water partition coefficient (Wildman–Crippen LogP) is 5.62.